The number of carboxylic acid groups (broad SMARTS) is 1. The monoisotopic (exact) mass is 417 g/mol. The maximum atomic E-state index is 11.2. The summed E-state index contributed by atoms with van der Waals surface area (Å²) < 4.78 is 11.6. The van der Waals surface area contributed by atoms with Crippen LogP contribution >= 0.6 is 11.8 Å². The molecule has 0 saturated carbocycles. The Kier molecular flexibility index (Phi) is 5.86. The van der Waals surface area contributed by atoms with E-state index in [-0.39, 0.29) is 5.56 Å². The molecule has 0 aliphatic rings. The number of aromatic carboxylic acids is 1. The van der Waals surface area contributed by atoms with E-state index < -0.39 is 5.97 Å². The van der Waals surface area contributed by atoms with Crippen molar-refractivity contribution in [2.24, 2.45) is 0 Å². The first-order chi connectivity index (χ1) is 14.6. The largest absolute Gasteiger partial charge is 0.497 e. The molecule has 6 heteroatoms. The Labute approximate surface area is 178 Å². The molecule has 0 unspecified atom stereocenters. The second-order valence-electron chi connectivity index (χ2n) is 6.54. The fourth-order valence-corrected chi connectivity index (χ4v) is 3.88. The van der Waals surface area contributed by atoms with Gasteiger partial charge in [0.2, 0.25) is 0 Å². The summed E-state index contributed by atoms with van der Waals surface area (Å²) in [4.78, 5) is 15.5. The molecule has 30 heavy (non-hydrogen) atoms. The van der Waals surface area contributed by atoms with E-state index >= 15 is 0 Å². The first kappa shape index (κ1) is 19.8. The molecule has 0 aliphatic carbocycles. The average molecular weight is 417 g/mol. The molecule has 0 atom stereocenters. The zero-order chi connectivity index (χ0) is 20.9. The highest BCUT2D eigenvalue weighted by Gasteiger charge is 2.16. The van der Waals surface area contributed by atoms with Crippen molar-refractivity contribution in [3.63, 3.8) is 0 Å². The summed E-state index contributed by atoms with van der Waals surface area (Å²) in [5.41, 5.74) is 2.98. The predicted octanol–water partition coefficient (Wildman–Crippen LogP) is 6.01. The summed E-state index contributed by atoms with van der Waals surface area (Å²) in [6.07, 6.45) is 1.77. The van der Waals surface area contributed by atoms with Gasteiger partial charge in [0.05, 0.1) is 17.7 Å². The van der Waals surface area contributed by atoms with Gasteiger partial charge in [0.15, 0.2) is 0 Å². The maximum Gasteiger partial charge on any atom is 0.335 e. The van der Waals surface area contributed by atoms with Crippen LogP contribution in [0.3, 0.4) is 0 Å². The second-order valence-corrected chi connectivity index (χ2v) is 7.53. The molecular weight excluding hydrogens is 398 g/mol. The minimum atomic E-state index is -0.955. The first-order valence-electron chi connectivity index (χ1n) is 9.29. The van der Waals surface area contributed by atoms with Gasteiger partial charge in [0.1, 0.15) is 17.3 Å². The number of hydrogen-bond donors (Lipinski definition) is 1. The normalized spacial score (nSPS) is 10.7. The fourth-order valence-electron chi connectivity index (χ4n) is 3.05. The average Bonchev–Trinajstić information content (AvgIpc) is 3.23. The van der Waals surface area contributed by atoms with E-state index in [1.807, 2.05) is 48.5 Å². The molecule has 0 saturated heterocycles. The first-order valence-corrected chi connectivity index (χ1v) is 10.3. The molecule has 4 rings (SSSR count). The number of aromatic nitrogens is 1. The number of benzene rings is 2. The van der Waals surface area contributed by atoms with Crippen LogP contribution in [0.2, 0.25) is 0 Å². The van der Waals surface area contributed by atoms with Crippen LogP contribution in [0.25, 0.3) is 22.6 Å². The van der Waals surface area contributed by atoms with E-state index in [9.17, 15) is 4.79 Å². The molecule has 0 fully saturated rings. The quantitative estimate of drug-likeness (QED) is 0.371. The Hall–Kier alpha value is -3.51. The van der Waals surface area contributed by atoms with E-state index in [1.54, 1.807) is 49.3 Å². The van der Waals surface area contributed by atoms with Crippen LogP contribution in [0.1, 0.15) is 15.9 Å². The number of ether oxygens (including phenoxy) is 1. The van der Waals surface area contributed by atoms with Crippen LogP contribution in [0.15, 0.2) is 88.4 Å². The lowest BCUT2D eigenvalue weighted by molar-refractivity contribution is 0.0697. The third-order valence-electron chi connectivity index (χ3n) is 4.57. The van der Waals surface area contributed by atoms with Gasteiger partial charge in [0.25, 0.3) is 0 Å². The van der Waals surface area contributed by atoms with Gasteiger partial charge >= 0.3 is 5.97 Å². The molecule has 1 N–H and O–H groups in total. The topological polar surface area (TPSA) is 72.6 Å². The Morgan fingerprint density at radius 2 is 1.87 bits per heavy atom. The zero-order valence-electron chi connectivity index (χ0n) is 16.2. The summed E-state index contributed by atoms with van der Waals surface area (Å²) in [7, 11) is 1.63. The minimum Gasteiger partial charge on any atom is -0.497 e. The zero-order valence-corrected chi connectivity index (χ0v) is 17.1. The number of methoxy groups -OCH3 is 1. The molecule has 2 aromatic carbocycles. The van der Waals surface area contributed by atoms with E-state index in [1.165, 1.54) is 0 Å². The summed E-state index contributed by atoms with van der Waals surface area (Å²) in [5.74, 6) is 1.90. The summed E-state index contributed by atoms with van der Waals surface area (Å²) in [5, 5.41) is 10.1. The predicted molar refractivity (Wildman–Crippen MR) is 117 cm³/mol. The van der Waals surface area contributed by atoms with Crippen molar-refractivity contribution in [1.82, 2.24) is 4.98 Å². The van der Waals surface area contributed by atoms with Crippen molar-refractivity contribution in [3.05, 3.63) is 90.1 Å². The Morgan fingerprint density at radius 3 is 2.57 bits per heavy atom. The molecule has 4 aromatic rings. The molecule has 0 aliphatic heterocycles. The lowest BCUT2D eigenvalue weighted by Gasteiger charge is -2.04. The number of carbonyl (C=O) groups is 1. The molecule has 150 valence electrons. The summed E-state index contributed by atoms with van der Waals surface area (Å²) in [6.45, 7) is 0. The molecule has 0 bridgehead atoms. The number of rotatable bonds is 7. The van der Waals surface area contributed by atoms with Gasteiger partial charge in [-0.25, -0.2) is 9.78 Å². The third-order valence-corrected chi connectivity index (χ3v) is 5.56. The van der Waals surface area contributed by atoms with Crippen molar-refractivity contribution in [2.45, 2.75) is 10.8 Å². The lowest BCUT2D eigenvalue weighted by atomic mass is 10.1. The van der Waals surface area contributed by atoms with E-state index in [4.69, 9.17) is 14.3 Å². The Morgan fingerprint density at radius 1 is 1.03 bits per heavy atom. The summed E-state index contributed by atoms with van der Waals surface area (Å²) >= 11 is 1.62. The molecule has 0 radical (unpaired) electrons. The van der Waals surface area contributed by atoms with Gasteiger partial charge in [-0.15, -0.1) is 11.8 Å². The second kappa shape index (κ2) is 8.88. The molecule has 2 heterocycles. The number of pyridine rings is 1. The van der Waals surface area contributed by atoms with Crippen LogP contribution in [-0.4, -0.2) is 23.2 Å². The van der Waals surface area contributed by atoms with Gasteiger partial charge in [0, 0.05) is 28.6 Å². The highest BCUT2D eigenvalue weighted by Crippen LogP contribution is 2.36. The van der Waals surface area contributed by atoms with Crippen molar-refractivity contribution < 1.29 is 19.1 Å². The standard InChI is InChI=1S/C24H19NO4S/c1-28-20-6-4-5-18(13-20)21-14-19(15-30-22-7-2-3-12-25-22)23(29-21)16-8-10-17(11-9-16)24(26)27/h2-14H,15H2,1H3,(H,26,27). The molecule has 0 amide bonds. The number of furan rings is 1. The van der Waals surface area contributed by atoms with Crippen LogP contribution < -0.4 is 4.74 Å². The van der Waals surface area contributed by atoms with Crippen molar-refractivity contribution in [3.8, 4) is 28.4 Å². The van der Waals surface area contributed by atoms with Crippen LogP contribution in [0, 0.1) is 0 Å². The number of thioether (sulfide) groups is 1. The molecule has 2 aromatic heterocycles. The van der Waals surface area contributed by atoms with Crippen LogP contribution in [0.4, 0.5) is 0 Å². The molecule has 5 nitrogen and oxygen atoms in total. The molecular formula is C24H19NO4S. The highest BCUT2D eigenvalue weighted by molar-refractivity contribution is 7.98. The van der Waals surface area contributed by atoms with Crippen molar-refractivity contribution in [2.75, 3.05) is 7.11 Å². The lowest BCUT2D eigenvalue weighted by Crippen LogP contribution is -1.95. The van der Waals surface area contributed by atoms with Crippen LogP contribution in [-0.2, 0) is 5.75 Å². The number of carboxylic acids is 1. The van der Waals surface area contributed by atoms with Gasteiger partial charge in [-0.2, -0.15) is 0 Å². The van der Waals surface area contributed by atoms with E-state index in [0.717, 1.165) is 33.2 Å². The Balaban J connectivity index is 1.71. The third kappa shape index (κ3) is 4.39. The number of hydrogen-bond acceptors (Lipinski definition) is 5. The van der Waals surface area contributed by atoms with Gasteiger partial charge in [-0.1, -0.05) is 30.3 Å². The number of nitrogens with zero attached hydrogens (tertiary/aromatic N) is 1. The van der Waals surface area contributed by atoms with Crippen molar-refractivity contribution >= 4 is 17.7 Å². The molecule has 0 spiro atoms. The Bertz CT molecular complexity index is 1150. The van der Waals surface area contributed by atoms with E-state index in [0.29, 0.717) is 11.5 Å². The maximum absolute atomic E-state index is 11.2. The van der Waals surface area contributed by atoms with Crippen molar-refractivity contribution in [1.29, 1.82) is 0 Å². The fraction of sp³-hybridized carbons (Fsp3) is 0.0833. The SMILES string of the molecule is COc1cccc(-c2cc(CSc3ccccn3)c(-c3ccc(C(=O)O)cc3)o2)c1. The van der Waals surface area contributed by atoms with E-state index in [2.05, 4.69) is 4.98 Å². The smallest absolute Gasteiger partial charge is 0.335 e. The van der Waals surface area contributed by atoms with Gasteiger partial charge < -0.3 is 14.3 Å². The highest BCUT2D eigenvalue weighted by atomic mass is 32.2. The van der Waals surface area contributed by atoms with Crippen LogP contribution in [0.5, 0.6) is 5.75 Å². The minimum absolute atomic E-state index is 0.239. The van der Waals surface area contributed by atoms with Gasteiger partial charge in [-0.3, -0.25) is 0 Å². The summed E-state index contributed by atoms with van der Waals surface area (Å²) in [6, 6.07) is 22.2. The van der Waals surface area contributed by atoms with Gasteiger partial charge in [-0.05, 0) is 42.5 Å².